The van der Waals surface area contributed by atoms with E-state index in [1.54, 1.807) is 0 Å². The number of carboxylic acids is 2. The molecular weight excluding hydrogens is 582 g/mol. The van der Waals surface area contributed by atoms with Crippen molar-refractivity contribution in [2.75, 3.05) is 0 Å². The maximum Gasteiger partial charge on any atom is 0.466 e. The van der Waals surface area contributed by atoms with E-state index in [2.05, 4.69) is 43.0 Å². The summed E-state index contributed by atoms with van der Waals surface area (Å²) in [6, 6.07) is 16.2. The summed E-state index contributed by atoms with van der Waals surface area (Å²) in [5.74, 6) is -2.46. The van der Waals surface area contributed by atoms with Crippen molar-refractivity contribution in [3.8, 4) is 0 Å². The Hall–Kier alpha value is -1.85. The fourth-order valence-electron chi connectivity index (χ4n) is 1.77. The van der Waals surface area contributed by atoms with E-state index in [9.17, 15) is 9.59 Å². The van der Waals surface area contributed by atoms with Gasteiger partial charge in [0, 0.05) is 0 Å². The second-order valence-electron chi connectivity index (χ2n) is 5.07. The zero-order chi connectivity index (χ0) is 21.6. The first-order valence-electron chi connectivity index (χ1n) is 7.75. The molecular formula is C18H21O8PPb. The summed E-state index contributed by atoms with van der Waals surface area (Å²) in [5, 5.41) is 17.1. The summed E-state index contributed by atoms with van der Waals surface area (Å²) < 4.78 is 11.6. The van der Waals surface area contributed by atoms with E-state index in [1.165, 1.54) is 37.8 Å². The van der Waals surface area contributed by atoms with Crippen molar-refractivity contribution >= 4 is 44.0 Å². The molecule has 0 fully saturated rings. The molecule has 0 aliphatic heterocycles. The Bertz CT molecular complexity index is 763. The normalized spacial score (nSPS) is 9.82. The molecule has 0 aromatic heterocycles. The summed E-state index contributed by atoms with van der Waals surface area (Å²) in [6.45, 7) is 3.74. The van der Waals surface area contributed by atoms with E-state index in [4.69, 9.17) is 29.5 Å². The number of aromatic carboxylic acids is 2. The smallest absolute Gasteiger partial charge is 0.466 e. The zero-order valence-electron chi connectivity index (χ0n) is 14.8. The van der Waals surface area contributed by atoms with Gasteiger partial charge in [0.1, 0.15) is 0 Å². The van der Waals surface area contributed by atoms with Gasteiger partial charge in [0.15, 0.2) is 0 Å². The number of phosphoric acid groups is 1. The second kappa shape index (κ2) is 14.2. The van der Waals surface area contributed by atoms with Crippen molar-refractivity contribution in [1.29, 1.82) is 0 Å². The van der Waals surface area contributed by atoms with E-state index in [1.807, 2.05) is 0 Å². The SMILES string of the molecule is C=C[CH2][Pb][CH2]c1ccccc1.O=C(O)c1ccccc1C(=O)O.O=P(O)(O)O. The molecule has 2 rings (SSSR count). The minimum absolute atomic E-state index is 0.190. The Morgan fingerprint density at radius 3 is 1.64 bits per heavy atom. The Morgan fingerprint density at radius 2 is 1.29 bits per heavy atom. The van der Waals surface area contributed by atoms with Crippen molar-refractivity contribution in [3.63, 3.8) is 0 Å². The predicted octanol–water partition coefficient (Wildman–Crippen LogP) is 2.65. The number of hydrogen-bond acceptors (Lipinski definition) is 3. The van der Waals surface area contributed by atoms with Crippen LogP contribution in [-0.4, -0.2) is 61.1 Å². The van der Waals surface area contributed by atoms with Gasteiger partial charge in [-0.2, -0.15) is 0 Å². The van der Waals surface area contributed by atoms with Crippen LogP contribution in [-0.2, 0) is 8.55 Å². The third-order valence-electron chi connectivity index (χ3n) is 2.85. The summed E-state index contributed by atoms with van der Waals surface area (Å²) in [5.41, 5.74) is 1.13. The molecule has 0 aliphatic carbocycles. The Morgan fingerprint density at radius 1 is 0.893 bits per heavy atom. The molecule has 5 N–H and O–H groups in total. The average molecular weight is 604 g/mol. The van der Waals surface area contributed by atoms with E-state index < -0.39 is 19.8 Å². The molecule has 0 spiro atoms. The number of benzene rings is 2. The van der Waals surface area contributed by atoms with Crippen LogP contribution in [0.25, 0.3) is 0 Å². The molecule has 0 unspecified atom stereocenters. The minimum atomic E-state index is -4.64. The summed E-state index contributed by atoms with van der Waals surface area (Å²) in [7, 11) is -4.64. The van der Waals surface area contributed by atoms with E-state index in [0.29, 0.717) is 0 Å². The molecule has 2 aromatic carbocycles. The Balaban J connectivity index is 0.000000424. The quantitative estimate of drug-likeness (QED) is 0.146. The number of allylic oxidation sites excluding steroid dienone is 1. The molecule has 2 radical (unpaired) electrons. The van der Waals surface area contributed by atoms with Crippen LogP contribution in [0.15, 0.2) is 67.3 Å². The van der Waals surface area contributed by atoms with Crippen LogP contribution in [0.1, 0.15) is 26.3 Å². The first kappa shape index (κ1) is 26.2. The van der Waals surface area contributed by atoms with Crippen LogP contribution in [0.5, 0.6) is 0 Å². The summed E-state index contributed by atoms with van der Waals surface area (Å²) >= 11 is -0.353. The van der Waals surface area contributed by atoms with Crippen molar-refractivity contribution in [2.24, 2.45) is 0 Å². The van der Waals surface area contributed by atoms with Crippen LogP contribution in [0.3, 0.4) is 0 Å². The molecule has 0 heterocycles. The Kier molecular flexibility index (Phi) is 13.3. The summed E-state index contributed by atoms with van der Waals surface area (Å²) in [6.07, 6.45) is 2.06. The first-order chi connectivity index (χ1) is 13.1. The molecule has 8 nitrogen and oxygen atoms in total. The molecule has 0 amide bonds. The molecule has 10 heteroatoms. The van der Waals surface area contributed by atoms with Crippen molar-refractivity contribution in [2.45, 2.75) is 7.96 Å². The number of rotatable bonds is 6. The third-order valence-corrected chi connectivity index (χ3v) is 7.65. The van der Waals surface area contributed by atoms with Crippen molar-refractivity contribution in [1.82, 2.24) is 0 Å². The van der Waals surface area contributed by atoms with Gasteiger partial charge in [-0.25, -0.2) is 14.2 Å². The molecule has 28 heavy (non-hydrogen) atoms. The molecule has 0 bridgehead atoms. The van der Waals surface area contributed by atoms with Gasteiger partial charge in [-0.3, -0.25) is 0 Å². The van der Waals surface area contributed by atoms with Gasteiger partial charge in [-0.15, -0.1) is 0 Å². The van der Waals surface area contributed by atoms with Gasteiger partial charge in [-0.05, 0) is 12.1 Å². The van der Waals surface area contributed by atoms with Crippen molar-refractivity contribution in [3.05, 3.63) is 83.9 Å². The molecule has 0 saturated carbocycles. The molecule has 0 aliphatic rings. The van der Waals surface area contributed by atoms with Gasteiger partial charge in [0.05, 0.1) is 11.1 Å². The monoisotopic (exact) mass is 604 g/mol. The van der Waals surface area contributed by atoms with Crippen LogP contribution in [0.2, 0.25) is 3.98 Å². The maximum atomic E-state index is 10.5. The molecule has 0 atom stereocenters. The van der Waals surface area contributed by atoms with E-state index in [-0.39, 0.29) is 35.4 Å². The first-order valence-corrected chi connectivity index (χ1v) is 14.8. The third kappa shape index (κ3) is 14.2. The van der Waals surface area contributed by atoms with E-state index in [0.717, 1.165) is 0 Å². The van der Waals surface area contributed by atoms with Gasteiger partial charge >= 0.3 is 101 Å². The fourth-order valence-corrected chi connectivity index (χ4v) is 5.16. The van der Waals surface area contributed by atoms with Crippen LogP contribution in [0, 0.1) is 0 Å². The maximum absolute atomic E-state index is 10.5. The van der Waals surface area contributed by atoms with Gasteiger partial charge in [0.2, 0.25) is 0 Å². The van der Waals surface area contributed by atoms with Crippen molar-refractivity contribution < 1.29 is 39.0 Å². The average Bonchev–Trinajstić information content (AvgIpc) is 2.62. The number of carboxylic acid groups (broad SMARTS) is 2. The van der Waals surface area contributed by atoms with Gasteiger partial charge in [0.25, 0.3) is 0 Å². The largest absolute Gasteiger partial charge is 0.478 e. The number of carbonyl (C=O) groups is 2. The molecule has 150 valence electrons. The van der Waals surface area contributed by atoms with E-state index >= 15 is 0 Å². The minimum Gasteiger partial charge on any atom is -0.478 e. The topological polar surface area (TPSA) is 152 Å². The second-order valence-corrected chi connectivity index (χ2v) is 11.0. The van der Waals surface area contributed by atoms with Gasteiger partial charge < -0.3 is 24.9 Å². The van der Waals surface area contributed by atoms with Crippen LogP contribution < -0.4 is 0 Å². The molecule has 2 aromatic rings. The zero-order valence-corrected chi connectivity index (χ0v) is 19.6. The molecule has 0 saturated heterocycles. The number of hydrogen-bond donors (Lipinski definition) is 5. The predicted molar refractivity (Wildman–Crippen MR) is 106 cm³/mol. The fraction of sp³-hybridized carbons (Fsp3) is 0.111. The Labute approximate surface area is 174 Å². The van der Waals surface area contributed by atoms with Gasteiger partial charge in [-0.1, -0.05) is 12.1 Å². The van der Waals surface area contributed by atoms with Crippen LogP contribution in [0.4, 0.5) is 0 Å². The summed E-state index contributed by atoms with van der Waals surface area (Å²) in [4.78, 5) is 42.5. The standard InChI is InChI=1S/C8H6O4.C7H7.C3H5.H3O4P.Pb/c9-7(10)5-3-1-2-4-6(5)8(11)12;1-7-5-3-2-4-6-7;1-3-2;1-5(2,3)4;/h1-4H,(H,9,10)(H,11,12);2-6H,1H2;3H,1-2H2;(H3,1,2,3,4);. The van der Waals surface area contributed by atoms with Crippen LogP contribution >= 0.6 is 7.82 Å².